The zero-order chi connectivity index (χ0) is 16.1. The number of hydrogen-bond donors (Lipinski definition) is 1. The molecule has 128 valence electrons. The van der Waals surface area contributed by atoms with Gasteiger partial charge in [0.05, 0.1) is 11.6 Å². The van der Waals surface area contributed by atoms with Gasteiger partial charge in [-0.15, -0.1) is 34.2 Å². The molecule has 2 heterocycles. The highest BCUT2D eigenvalue weighted by atomic mass is 127. The van der Waals surface area contributed by atoms with E-state index in [0.717, 1.165) is 29.0 Å². The minimum absolute atomic E-state index is 0. The molecule has 0 fully saturated rings. The maximum atomic E-state index is 6.03. The fraction of sp³-hybridized carbons (Fsp3) is 0.500. The predicted molar refractivity (Wildman–Crippen MR) is 103 cm³/mol. The van der Waals surface area contributed by atoms with Gasteiger partial charge in [-0.2, -0.15) is 0 Å². The lowest BCUT2D eigenvalue weighted by Crippen LogP contribution is -2.38. The van der Waals surface area contributed by atoms with Crippen molar-refractivity contribution in [1.82, 2.24) is 29.5 Å². The van der Waals surface area contributed by atoms with Crippen molar-refractivity contribution < 1.29 is 0 Å². The van der Waals surface area contributed by atoms with Gasteiger partial charge in [0, 0.05) is 39.6 Å². The lowest BCUT2D eigenvalue weighted by atomic mass is 10.4. The summed E-state index contributed by atoms with van der Waals surface area (Å²) in [7, 11) is 5.89. The average Bonchev–Trinajstić information content (AvgIpc) is 3.00. The van der Waals surface area contributed by atoms with E-state index in [0.29, 0.717) is 13.1 Å². The second-order valence-electron chi connectivity index (χ2n) is 5.14. The molecule has 2 aromatic rings. The Bertz CT molecular complexity index is 649. The van der Waals surface area contributed by atoms with Gasteiger partial charge in [-0.05, 0) is 13.0 Å². The van der Waals surface area contributed by atoms with Crippen molar-refractivity contribution in [2.75, 3.05) is 13.6 Å². The van der Waals surface area contributed by atoms with Crippen molar-refractivity contribution >= 4 is 41.5 Å². The second-order valence-corrected chi connectivity index (χ2v) is 5.58. The molecule has 0 amide bonds. The summed E-state index contributed by atoms with van der Waals surface area (Å²) in [5.74, 6) is 1.65. The molecule has 0 saturated carbocycles. The SMILES string of the molecule is CCNC(=NCc1nncn1C)N(C)Cc1cc(Cl)cn1C.I. The van der Waals surface area contributed by atoms with Crippen molar-refractivity contribution in [2.24, 2.45) is 19.1 Å². The molecule has 0 saturated heterocycles. The Morgan fingerprint density at radius 1 is 1.39 bits per heavy atom. The normalized spacial score (nSPS) is 11.3. The minimum Gasteiger partial charge on any atom is -0.357 e. The Labute approximate surface area is 158 Å². The first kappa shape index (κ1) is 19.8. The van der Waals surface area contributed by atoms with Crippen LogP contribution in [0, 0.1) is 0 Å². The Kier molecular flexibility index (Phi) is 7.83. The molecular formula is C14H23ClIN7. The molecule has 1 N–H and O–H groups in total. The topological polar surface area (TPSA) is 63.3 Å². The van der Waals surface area contributed by atoms with Crippen molar-refractivity contribution in [3.05, 3.63) is 35.1 Å². The van der Waals surface area contributed by atoms with E-state index in [-0.39, 0.29) is 24.0 Å². The van der Waals surface area contributed by atoms with Gasteiger partial charge in [-0.1, -0.05) is 11.6 Å². The van der Waals surface area contributed by atoms with E-state index in [9.17, 15) is 0 Å². The molecule has 23 heavy (non-hydrogen) atoms. The van der Waals surface area contributed by atoms with Gasteiger partial charge in [0.2, 0.25) is 0 Å². The van der Waals surface area contributed by atoms with Crippen molar-refractivity contribution in [1.29, 1.82) is 0 Å². The summed E-state index contributed by atoms with van der Waals surface area (Å²) in [4.78, 5) is 6.68. The number of nitrogens with zero attached hydrogens (tertiary/aromatic N) is 6. The van der Waals surface area contributed by atoms with E-state index in [1.54, 1.807) is 6.33 Å². The highest BCUT2D eigenvalue weighted by molar-refractivity contribution is 14.0. The van der Waals surface area contributed by atoms with Crippen LogP contribution in [-0.4, -0.2) is 43.8 Å². The lowest BCUT2D eigenvalue weighted by Gasteiger charge is -2.22. The van der Waals surface area contributed by atoms with Crippen LogP contribution in [0.15, 0.2) is 23.6 Å². The number of halogens is 2. The average molecular weight is 452 g/mol. The van der Waals surface area contributed by atoms with Crippen molar-refractivity contribution in [3.8, 4) is 0 Å². The maximum absolute atomic E-state index is 6.03. The zero-order valence-corrected chi connectivity index (χ0v) is 16.9. The van der Waals surface area contributed by atoms with Crippen LogP contribution >= 0.6 is 35.6 Å². The standard InChI is InChI=1S/C14H22ClN7.HI/c1-5-16-14(17-7-13-19-18-10-22(13)4)21(3)9-12-6-11(15)8-20(12)2;/h6,8,10H,5,7,9H2,1-4H3,(H,16,17);1H. The highest BCUT2D eigenvalue weighted by Crippen LogP contribution is 2.14. The fourth-order valence-corrected chi connectivity index (χ4v) is 2.38. The Hall–Kier alpha value is -1.29. The summed E-state index contributed by atoms with van der Waals surface area (Å²) in [6.07, 6.45) is 3.57. The van der Waals surface area contributed by atoms with Gasteiger partial charge in [-0.25, -0.2) is 4.99 Å². The molecule has 0 aliphatic rings. The van der Waals surface area contributed by atoms with Crippen LogP contribution in [0.3, 0.4) is 0 Å². The largest absolute Gasteiger partial charge is 0.357 e. The molecule has 7 nitrogen and oxygen atoms in total. The predicted octanol–water partition coefficient (Wildman–Crippen LogP) is 2.02. The van der Waals surface area contributed by atoms with Gasteiger partial charge in [-0.3, -0.25) is 0 Å². The summed E-state index contributed by atoms with van der Waals surface area (Å²) in [5, 5.41) is 11.9. The molecule has 0 bridgehead atoms. The Balaban J connectivity index is 0.00000264. The van der Waals surface area contributed by atoms with Crippen LogP contribution < -0.4 is 5.32 Å². The molecule has 0 spiro atoms. The van der Waals surface area contributed by atoms with Crippen molar-refractivity contribution in [3.63, 3.8) is 0 Å². The first-order chi connectivity index (χ1) is 10.5. The number of aliphatic imine (C=N–C) groups is 1. The van der Waals surface area contributed by atoms with Crippen LogP contribution in [0.25, 0.3) is 0 Å². The molecular weight excluding hydrogens is 429 g/mol. The summed E-state index contributed by atoms with van der Waals surface area (Å²) in [6, 6.07) is 1.96. The van der Waals surface area contributed by atoms with Gasteiger partial charge in [0.1, 0.15) is 12.9 Å². The van der Waals surface area contributed by atoms with Crippen LogP contribution in [0.1, 0.15) is 18.4 Å². The molecule has 0 aliphatic heterocycles. The van der Waals surface area contributed by atoms with Gasteiger partial charge in [0.15, 0.2) is 11.8 Å². The quantitative estimate of drug-likeness (QED) is 0.429. The van der Waals surface area contributed by atoms with E-state index in [4.69, 9.17) is 11.6 Å². The third-order valence-corrected chi connectivity index (χ3v) is 3.55. The summed E-state index contributed by atoms with van der Waals surface area (Å²) in [5.41, 5.74) is 1.12. The van der Waals surface area contributed by atoms with Crippen LogP contribution in [0.2, 0.25) is 5.02 Å². The van der Waals surface area contributed by atoms with Gasteiger partial charge >= 0.3 is 0 Å². The molecule has 2 aromatic heterocycles. The second kappa shape index (κ2) is 9.11. The minimum atomic E-state index is 0. The lowest BCUT2D eigenvalue weighted by molar-refractivity contribution is 0.461. The van der Waals surface area contributed by atoms with Crippen LogP contribution in [-0.2, 0) is 27.2 Å². The summed E-state index contributed by atoms with van der Waals surface area (Å²) >= 11 is 6.03. The number of hydrogen-bond acceptors (Lipinski definition) is 3. The van der Waals surface area contributed by atoms with Gasteiger partial charge in [0.25, 0.3) is 0 Å². The van der Waals surface area contributed by atoms with E-state index in [2.05, 4.69) is 25.4 Å². The number of nitrogens with one attached hydrogen (secondary N) is 1. The summed E-state index contributed by atoms with van der Waals surface area (Å²) < 4.78 is 3.88. The molecule has 0 aliphatic carbocycles. The Morgan fingerprint density at radius 2 is 2.13 bits per heavy atom. The van der Waals surface area contributed by atoms with E-state index in [1.165, 1.54) is 0 Å². The Morgan fingerprint density at radius 3 is 2.65 bits per heavy atom. The fourth-order valence-electron chi connectivity index (χ4n) is 2.11. The molecule has 9 heteroatoms. The number of guanidine groups is 1. The highest BCUT2D eigenvalue weighted by Gasteiger charge is 2.10. The molecule has 0 atom stereocenters. The number of rotatable bonds is 5. The first-order valence-electron chi connectivity index (χ1n) is 7.14. The van der Waals surface area contributed by atoms with Crippen LogP contribution in [0.5, 0.6) is 0 Å². The third-order valence-electron chi connectivity index (χ3n) is 3.35. The number of aryl methyl sites for hydroxylation is 2. The smallest absolute Gasteiger partial charge is 0.194 e. The molecule has 0 unspecified atom stereocenters. The van der Waals surface area contributed by atoms with Crippen molar-refractivity contribution in [2.45, 2.75) is 20.0 Å². The van der Waals surface area contributed by atoms with Gasteiger partial charge < -0.3 is 19.4 Å². The molecule has 2 rings (SSSR count). The first-order valence-corrected chi connectivity index (χ1v) is 7.52. The molecule has 0 aromatic carbocycles. The van der Waals surface area contributed by atoms with E-state index < -0.39 is 0 Å². The number of aromatic nitrogens is 4. The van der Waals surface area contributed by atoms with E-state index in [1.807, 2.05) is 49.5 Å². The third kappa shape index (κ3) is 5.38. The summed E-state index contributed by atoms with van der Waals surface area (Å²) in [6.45, 7) is 4.05. The molecule has 0 radical (unpaired) electrons. The van der Waals surface area contributed by atoms with E-state index >= 15 is 0 Å². The van der Waals surface area contributed by atoms with Crippen LogP contribution in [0.4, 0.5) is 0 Å². The zero-order valence-electron chi connectivity index (χ0n) is 13.8. The maximum Gasteiger partial charge on any atom is 0.194 e. The monoisotopic (exact) mass is 451 g/mol.